The summed E-state index contributed by atoms with van der Waals surface area (Å²) in [6, 6.07) is 4.33. The lowest BCUT2D eigenvalue weighted by Crippen LogP contribution is -2.40. The third kappa shape index (κ3) is 3.50. The summed E-state index contributed by atoms with van der Waals surface area (Å²) in [5.41, 5.74) is -0.326. The van der Waals surface area contributed by atoms with Crippen LogP contribution in [0.4, 0.5) is 5.69 Å². The minimum Gasteiger partial charge on any atom is -0.394 e. The fourth-order valence-electron chi connectivity index (χ4n) is 1.33. The van der Waals surface area contributed by atoms with E-state index in [1.165, 1.54) is 0 Å². The molecule has 0 amide bonds. The predicted octanol–water partition coefficient (Wildman–Crippen LogP) is 0.548. The summed E-state index contributed by atoms with van der Waals surface area (Å²) in [7, 11) is 0. The van der Waals surface area contributed by atoms with E-state index in [-0.39, 0.29) is 11.3 Å². The zero-order chi connectivity index (χ0) is 14.6. The van der Waals surface area contributed by atoms with Crippen molar-refractivity contribution in [2.45, 2.75) is 11.2 Å². The first-order chi connectivity index (χ1) is 8.78. The van der Waals surface area contributed by atoms with E-state index in [0.717, 1.165) is 24.3 Å². The second kappa shape index (κ2) is 5.78. The molecule has 2 unspecified atom stereocenters. The van der Waals surface area contributed by atoms with Crippen molar-refractivity contribution in [3.8, 4) is 0 Å². The Morgan fingerprint density at radius 2 is 1.84 bits per heavy atom. The zero-order valence-electron chi connectivity index (χ0n) is 9.30. The van der Waals surface area contributed by atoms with Crippen molar-refractivity contribution in [3.63, 3.8) is 0 Å². The number of halogens is 1. The van der Waals surface area contributed by atoms with Gasteiger partial charge in [-0.05, 0) is 12.1 Å². The van der Waals surface area contributed by atoms with Crippen LogP contribution in [0, 0.1) is 20.2 Å². The Labute approximate surface area is 111 Å². The number of aliphatic hydroxyl groups excluding tert-OH is 1. The molecule has 2 atom stereocenters. The highest BCUT2D eigenvalue weighted by atomic mass is 35.5. The predicted molar refractivity (Wildman–Crippen MR) is 61.8 cm³/mol. The number of rotatable bonds is 6. The van der Waals surface area contributed by atoms with Crippen LogP contribution in [0.1, 0.15) is 5.56 Å². The van der Waals surface area contributed by atoms with E-state index in [2.05, 4.69) is 4.84 Å². The van der Waals surface area contributed by atoms with Gasteiger partial charge in [-0.15, -0.1) is 10.1 Å². The molecule has 0 saturated heterocycles. The van der Waals surface area contributed by atoms with Crippen molar-refractivity contribution in [2.75, 3.05) is 6.61 Å². The molecule has 0 fully saturated rings. The van der Waals surface area contributed by atoms with Crippen molar-refractivity contribution in [1.82, 2.24) is 0 Å². The van der Waals surface area contributed by atoms with Gasteiger partial charge in [0.15, 0.2) is 11.2 Å². The zero-order valence-corrected chi connectivity index (χ0v) is 10.1. The Kier molecular flexibility index (Phi) is 4.59. The first-order valence-corrected chi connectivity index (χ1v) is 5.25. The van der Waals surface area contributed by atoms with E-state index in [1.54, 1.807) is 0 Å². The Bertz CT molecular complexity index is 476. The highest BCUT2D eigenvalue weighted by Gasteiger charge is 2.39. The first-order valence-electron chi connectivity index (χ1n) is 4.87. The Morgan fingerprint density at radius 1 is 1.32 bits per heavy atom. The normalized spacial score (nSPS) is 15.3. The van der Waals surface area contributed by atoms with Crippen LogP contribution in [-0.4, -0.2) is 32.9 Å². The maximum absolute atomic E-state index is 10.5. The molecule has 19 heavy (non-hydrogen) atoms. The van der Waals surface area contributed by atoms with Crippen LogP contribution in [0.15, 0.2) is 24.3 Å². The van der Waals surface area contributed by atoms with Crippen molar-refractivity contribution in [3.05, 3.63) is 50.1 Å². The molecule has 1 aromatic rings. The third-order valence-electron chi connectivity index (χ3n) is 2.29. The SMILES string of the molecule is O=[N+]([O-])OC(CO)C(O)(Cl)c1ccc([N+](=O)[O-])cc1. The highest BCUT2D eigenvalue weighted by molar-refractivity contribution is 6.23. The number of aliphatic hydroxyl groups is 2. The molecule has 0 bridgehead atoms. The molecule has 0 aliphatic carbocycles. The van der Waals surface area contributed by atoms with Gasteiger partial charge in [0.05, 0.1) is 11.5 Å². The van der Waals surface area contributed by atoms with Gasteiger partial charge in [-0.2, -0.15) is 0 Å². The first kappa shape index (κ1) is 15.1. The van der Waals surface area contributed by atoms with Gasteiger partial charge in [-0.3, -0.25) is 10.1 Å². The molecular formula is C9H9ClN2O7. The molecule has 2 N–H and O–H groups in total. The highest BCUT2D eigenvalue weighted by Crippen LogP contribution is 2.32. The molecular weight excluding hydrogens is 284 g/mol. The minimum absolute atomic E-state index is 0.0827. The van der Waals surface area contributed by atoms with Crippen LogP contribution in [0.3, 0.4) is 0 Å². The molecule has 1 rings (SSSR count). The molecule has 10 heteroatoms. The number of alkyl halides is 1. The summed E-state index contributed by atoms with van der Waals surface area (Å²) in [5.74, 6) is 0. The molecule has 0 aromatic heterocycles. The number of hydrogen-bond acceptors (Lipinski definition) is 7. The molecule has 0 spiro atoms. The molecule has 9 nitrogen and oxygen atoms in total. The maximum Gasteiger partial charge on any atom is 0.295 e. The smallest absolute Gasteiger partial charge is 0.295 e. The number of non-ortho nitro benzene ring substituents is 1. The van der Waals surface area contributed by atoms with Gasteiger partial charge in [-0.25, -0.2) is 0 Å². The van der Waals surface area contributed by atoms with Crippen LogP contribution in [0.2, 0.25) is 0 Å². The summed E-state index contributed by atoms with van der Waals surface area (Å²) in [5, 5.41) is 35.9. The summed E-state index contributed by atoms with van der Waals surface area (Å²) in [6.07, 6.45) is -1.73. The van der Waals surface area contributed by atoms with Crippen LogP contribution in [-0.2, 0) is 9.90 Å². The van der Waals surface area contributed by atoms with E-state index in [1.807, 2.05) is 0 Å². The van der Waals surface area contributed by atoms with E-state index in [9.17, 15) is 25.3 Å². The van der Waals surface area contributed by atoms with Crippen molar-refractivity contribution >= 4 is 17.3 Å². The topological polar surface area (TPSA) is 136 Å². The molecule has 1 aromatic carbocycles. The molecule has 0 radical (unpaired) electrons. The monoisotopic (exact) mass is 292 g/mol. The van der Waals surface area contributed by atoms with Gasteiger partial charge in [0, 0.05) is 17.7 Å². The molecule has 104 valence electrons. The molecule has 0 saturated carbocycles. The summed E-state index contributed by atoms with van der Waals surface area (Å²) < 4.78 is 0. The third-order valence-corrected chi connectivity index (χ3v) is 2.75. The van der Waals surface area contributed by atoms with Crippen LogP contribution >= 0.6 is 11.6 Å². The van der Waals surface area contributed by atoms with Crippen LogP contribution in [0.25, 0.3) is 0 Å². The Balaban J connectivity index is 3.03. The lowest BCUT2D eigenvalue weighted by atomic mass is 10.0. The number of nitrogens with zero attached hydrogens (tertiary/aromatic N) is 2. The number of hydrogen-bond donors (Lipinski definition) is 2. The van der Waals surface area contributed by atoms with E-state index in [4.69, 9.17) is 16.7 Å². The average molecular weight is 293 g/mol. The van der Waals surface area contributed by atoms with E-state index in [0.29, 0.717) is 0 Å². The largest absolute Gasteiger partial charge is 0.394 e. The minimum atomic E-state index is -2.39. The van der Waals surface area contributed by atoms with Crippen molar-refractivity contribution < 1.29 is 25.1 Å². The maximum atomic E-state index is 10.5. The Hall–Kier alpha value is -1.97. The van der Waals surface area contributed by atoms with Crippen LogP contribution < -0.4 is 0 Å². The van der Waals surface area contributed by atoms with Gasteiger partial charge < -0.3 is 15.1 Å². The van der Waals surface area contributed by atoms with Gasteiger partial charge in [-0.1, -0.05) is 11.6 Å². The fraction of sp³-hybridized carbons (Fsp3) is 0.333. The van der Waals surface area contributed by atoms with Crippen molar-refractivity contribution in [2.24, 2.45) is 0 Å². The van der Waals surface area contributed by atoms with Gasteiger partial charge >= 0.3 is 0 Å². The number of nitro groups is 1. The molecule has 0 aliphatic heterocycles. The average Bonchev–Trinajstić information content (AvgIpc) is 2.35. The second-order valence-corrected chi connectivity index (χ2v) is 4.05. The summed E-state index contributed by atoms with van der Waals surface area (Å²) >= 11 is 5.70. The van der Waals surface area contributed by atoms with E-state index < -0.39 is 27.8 Å². The van der Waals surface area contributed by atoms with Gasteiger partial charge in [0.1, 0.15) is 0 Å². The van der Waals surface area contributed by atoms with Crippen LogP contribution in [0.5, 0.6) is 0 Å². The van der Waals surface area contributed by atoms with Crippen molar-refractivity contribution in [1.29, 1.82) is 0 Å². The summed E-state index contributed by atoms with van der Waals surface area (Å²) in [4.78, 5) is 24.1. The lowest BCUT2D eigenvalue weighted by molar-refractivity contribution is -0.772. The standard InChI is InChI=1S/C9H9ClN2O7/c10-9(14,8(5-13)19-12(17)18)6-1-3-7(4-2-6)11(15)16/h1-4,8,13-14H,5H2. The number of benzene rings is 1. The fourth-order valence-corrected chi connectivity index (χ4v) is 1.57. The van der Waals surface area contributed by atoms with E-state index >= 15 is 0 Å². The summed E-state index contributed by atoms with van der Waals surface area (Å²) in [6.45, 7) is -0.919. The quantitative estimate of drug-likeness (QED) is 0.443. The molecule has 0 aliphatic rings. The lowest BCUT2D eigenvalue weighted by Gasteiger charge is -2.27. The van der Waals surface area contributed by atoms with Gasteiger partial charge in [0.2, 0.25) is 0 Å². The van der Waals surface area contributed by atoms with Gasteiger partial charge in [0.25, 0.3) is 10.8 Å². The Morgan fingerprint density at radius 3 is 2.21 bits per heavy atom. The molecule has 0 heterocycles. The number of nitro benzene ring substituents is 1. The second-order valence-electron chi connectivity index (χ2n) is 3.48.